The van der Waals surface area contributed by atoms with Crippen LogP contribution in [0.2, 0.25) is 0 Å². The summed E-state index contributed by atoms with van der Waals surface area (Å²) >= 11 is 0. The molecule has 11 heavy (non-hydrogen) atoms. The fraction of sp³-hybridized carbons (Fsp3) is 0.111. The molecular formula is C9H10FN. The maximum Gasteiger partial charge on any atom is 0.123 e. The van der Waals surface area contributed by atoms with Gasteiger partial charge in [-0.1, -0.05) is 18.7 Å². The zero-order valence-corrected chi connectivity index (χ0v) is 6.18. The summed E-state index contributed by atoms with van der Waals surface area (Å²) in [5.41, 5.74) is 1.05. The van der Waals surface area contributed by atoms with Crippen molar-refractivity contribution in [3.8, 4) is 0 Å². The maximum absolute atomic E-state index is 12.4. The van der Waals surface area contributed by atoms with Gasteiger partial charge in [0.05, 0.1) is 0 Å². The fourth-order valence-corrected chi connectivity index (χ4v) is 0.792. The van der Waals surface area contributed by atoms with E-state index >= 15 is 0 Å². The molecule has 0 aliphatic heterocycles. The van der Waals surface area contributed by atoms with Gasteiger partial charge >= 0.3 is 0 Å². The molecule has 58 valence electrons. The molecule has 0 radical (unpaired) electrons. The Balaban J connectivity index is 2.58. The van der Waals surface area contributed by atoms with Gasteiger partial charge in [0.2, 0.25) is 0 Å². The van der Waals surface area contributed by atoms with Gasteiger partial charge in [-0.2, -0.15) is 0 Å². The first-order chi connectivity index (χ1) is 5.33. The van der Waals surface area contributed by atoms with E-state index in [4.69, 9.17) is 0 Å². The van der Waals surface area contributed by atoms with E-state index in [9.17, 15) is 4.39 Å². The molecule has 0 aromatic heterocycles. The van der Waals surface area contributed by atoms with Gasteiger partial charge in [-0.15, -0.1) is 0 Å². The molecule has 0 unspecified atom stereocenters. The van der Waals surface area contributed by atoms with Crippen molar-refractivity contribution in [2.24, 2.45) is 0 Å². The zero-order valence-electron chi connectivity index (χ0n) is 6.18. The van der Waals surface area contributed by atoms with Gasteiger partial charge in [0.25, 0.3) is 0 Å². The lowest BCUT2D eigenvalue weighted by Gasteiger charge is -1.99. The molecule has 1 nitrogen and oxygen atoms in total. The van der Waals surface area contributed by atoms with Gasteiger partial charge in [0.15, 0.2) is 0 Å². The van der Waals surface area contributed by atoms with Crippen molar-refractivity contribution in [1.82, 2.24) is 5.32 Å². The SMILES string of the molecule is C=CNCc1ccc(F)cc1. The van der Waals surface area contributed by atoms with E-state index in [2.05, 4.69) is 11.9 Å². The lowest BCUT2D eigenvalue weighted by molar-refractivity contribution is 0.626. The summed E-state index contributed by atoms with van der Waals surface area (Å²) in [6, 6.07) is 6.37. The summed E-state index contributed by atoms with van der Waals surface area (Å²) in [5, 5.41) is 2.93. The maximum atomic E-state index is 12.4. The predicted octanol–water partition coefficient (Wildman–Crippen LogP) is 2.06. The Bertz CT molecular complexity index is 228. The first-order valence-corrected chi connectivity index (χ1v) is 3.41. The second-order valence-electron chi connectivity index (χ2n) is 2.21. The molecule has 0 bridgehead atoms. The molecule has 1 N–H and O–H groups in total. The largest absolute Gasteiger partial charge is 0.387 e. The zero-order chi connectivity index (χ0) is 8.10. The Hall–Kier alpha value is -1.31. The molecule has 0 atom stereocenters. The van der Waals surface area contributed by atoms with Crippen LogP contribution in [-0.2, 0) is 6.54 Å². The Labute approximate surface area is 65.6 Å². The van der Waals surface area contributed by atoms with Crippen LogP contribution in [0, 0.1) is 5.82 Å². The monoisotopic (exact) mass is 151 g/mol. The van der Waals surface area contributed by atoms with Crippen LogP contribution < -0.4 is 5.32 Å². The lowest BCUT2D eigenvalue weighted by atomic mass is 10.2. The topological polar surface area (TPSA) is 12.0 Å². The molecule has 0 heterocycles. The molecule has 0 fully saturated rings. The van der Waals surface area contributed by atoms with E-state index in [1.165, 1.54) is 12.1 Å². The summed E-state index contributed by atoms with van der Waals surface area (Å²) in [6.07, 6.45) is 1.61. The molecule has 0 amide bonds. The van der Waals surface area contributed by atoms with Crippen molar-refractivity contribution in [3.05, 3.63) is 48.4 Å². The molecule has 1 aromatic carbocycles. The third-order valence-electron chi connectivity index (χ3n) is 1.36. The number of nitrogens with one attached hydrogen (secondary N) is 1. The molecule has 0 aliphatic rings. The fourth-order valence-electron chi connectivity index (χ4n) is 0.792. The molecule has 0 saturated carbocycles. The van der Waals surface area contributed by atoms with Crippen LogP contribution in [0.5, 0.6) is 0 Å². The third-order valence-corrected chi connectivity index (χ3v) is 1.36. The number of hydrogen-bond acceptors (Lipinski definition) is 1. The summed E-state index contributed by atoms with van der Waals surface area (Å²) in [6.45, 7) is 4.21. The lowest BCUT2D eigenvalue weighted by Crippen LogP contribution is -2.02. The second kappa shape index (κ2) is 3.76. The highest BCUT2D eigenvalue weighted by Crippen LogP contribution is 2.01. The number of benzene rings is 1. The van der Waals surface area contributed by atoms with E-state index in [0.717, 1.165) is 5.56 Å². The van der Waals surface area contributed by atoms with Crippen molar-refractivity contribution < 1.29 is 4.39 Å². The van der Waals surface area contributed by atoms with E-state index in [1.807, 2.05) is 0 Å². The van der Waals surface area contributed by atoms with Crippen LogP contribution in [0.1, 0.15) is 5.56 Å². The van der Waals surface area contributed by atoms with Gasteiger partial charge in [-0.25, -0.2) is 4.39 Å². The van der Waals surface area contributed by atoms with Crippen LogP contribution in [-0.4, -0.2) is 0 Å². The molecule has 0 spiro atoms. The van der Waals surface area contributed by atoms with E-state index in [-0.39, 0.29) is 5.82 Å². The van der Waals surface area contributed by atoms with Crippen molar-refractivity contribution in [2.45, 2.75) is 6.54 Å². The van der Waals surface area contributed by atoms with Crippen molar-refractivity contribution >= 4 is 0 Å². The average Bonchev–Trinajstić information content (AvgIpc) is 2.04. The highest BCUT2D eigenvalue weighted by molar-refractivity contribution is 5.15. The minimum Gasteiger partial charge on any atom is -0.387 e. The van der Waals surface area contributed by atoms with Crippen molar-refractivity contribution in [1.29, 1.82) is 0 Å². The average molecular weight is 151 g/mol. The van der Waals surface area contributed by atoms with Crippen LogP contribution in [0.25, 0.3) is 0 Å². The number of hydrogen-bond donors (Lipinski definition) is 1. The predicted molar refractivity (Wildman–Crippen MR) is 43.4 cm³/mol. The van der Waals surface area contributed by atoms with Crippen LogP contribution in [0.4, 0.5) is 4.39 Å². The highest BCUT2D eigenvalue weighted by atomic mass is 19.1. The van der Waals surface area contributed by atoms with Gasteiger partial charge in [0.1, 0.15) is 5.82 Å². The summed E-state index contributed by atoms with van der Waals surface area (Å²) in [7, 11) is 0. The second-order valence-corrected chi connectivity index (χ2v) is 2.21. The molecular weight excluding hydrogens is 141 g/mol. The first-order valence-electron chi connectivity index (χ1n) is 3.41. The Morgan fingerprint density at radius 2 is 2.00 bits per heavy atom. The summed E-state index contributed by atoms with van der Waals surface area (Å²) < 4.78 is 12.4. The van der Waals surface area contributed by atoms with Crippen molar-refractivity contribution in [3.63, 3.8) is 0 Å². The smallest absolute Gasteiger partial charge is 0.123 e. The standard InChI is InChI=1S/C9H10FN/c1-2-11-7-8-3-5-9(10)6-4-8/h2-6,11H,1,7H2. The number of rotatable bonds is 3. The normalized spacial score (nSPS) is 9.18. The van der Waals surface area contributed by atoms with Crippen LogP contribution in [0.15, 0.2) is 37.0 Å². The van der Waals surface area contributed by atoms with Crippen LogP contribution in [0.3, 0.4) is 0 Å². The molecule has 1 rings (SSSR count). The van der Waals surface area contributed by atoms with Gasteiger partial charge < -0.3 is 5.32 Å². The first kappa shape index (κ1) is 7.79. The van der Waals surface area contributed by atoms with Gasteiger partial charge in [-0.3, -0.25) is 0 Å². The molecule has 0 aliphatic carbocycles. The Morgan fingerprint density at radius 1 is 1.36 bits per heavy atom. The van der Waals surface area contributed by atoms with Gasteiger partial charge in [0, 0.05) is 6.54 Å². The highest BCUT2D eigenvalue weighted by Gasteiger charge is 1.90. The molecule has 1 aromatic rings. The quantitative estimate of drug-likeness (QED) is 0.697. The Morgan fingerprint density at radius 3 is 2.55 bits per heavy atom. The molecule has 2 heteroatoms. The summed E-state index contributed by atoms with van der Waals surface area (Å²) in [4.78, 5) is 0. The third kappa shape index (κ3) is 2.42. The van der Waals surface area contributed by atoms with E-state index in [0.29, 0.717) is 6.54 Å². The van der Waals surface area contributed by atoms with E-state index in [1.54, 1.807) is 18.3 Å². The number of halogens is 1. The van der Waals surface area contributed by atoms with Crippen molar-refractivity contribution in [2.75, 3.05) is 0 Å². The molecule has 0 saturated heterocycles. The van der Waals surface area contributed by atoms with E-state index < -0.39 is 0 Å². The minimum atomic E-state index is -0.202. The minimum absolute atomic E-state index is 0.202. The Kier molecular flexibility index (Phi) is 2.66. The van der Waals surface area contributed by atoms with Crippen LogP contribution >= 0.6 is 0 Å². The summed E-state index contributed by atoms with van der Waals surface area (Å²) in [5.74, 6) is -0.202. The van der Waals surface area contributed by atoms with Gasteiger partial charge in [-0.05, 0) is 23.9 Å².